The van der Waals surface area contributed by atoms with Crippen molar-refractivity contribution in [1.82, 2.24) is 15.1 Å². The molecule has 1 aliphatic rings. The number of piperazine rings is 1. The lowest BCUT2D eigenvalue weighted by Crippen LogP contribution is -2.52. The van der Waals surface area contributed by atoms with Crippen LogP contribution in [0.1, 0.15) is 13.3 Å². The number of carbonyl (C=O) groups is 1. The number of guanidine groups is 1. The molecule has 0 atom stereocenters. The van der Waals surface area contributed by atoms with E-state index in [-0.39, 0.29) is 29.9 Å². The van der Waals surface area contributed by atoms with Crippen LogP contribution >= 0.6 is 24.0 Å². The van der Waals surface area contributed by atoms with E-state index in [2.05, 4.69) is 33.1 Å². The fourth-order valence-corrected chi connectivity index (χ4v) is 2.96. The van der Waals surface area contributed by atoms with Gasteiger partial charge in [-0.05, 0) is 19.1 Å². The second kappa shape index (κ2) is 11.9. The lowest BCUT2D eigenvalue weighted by Gasteiger charge is -2.38. The highest BCUT2D eigenvalue weighted by Gasteiger charge is 2.21. The van der Waals surface area contributed by atoms with Crippen LogP contribution < -0.4 is 15.0 Å². The van der Waals surface area contributed by atoms with E-state index >= 15 is 0 Å². The molecule has 0 unspecified atom stereocenters. The molecule has 1 amide bonds. The Morgan fingerprint density at radius 1 is 1.22 bits per heavy atom. The van der Waals surface area contributed by atoms with Gasteiger partial charge in [0.15, 0.2) is 5.96 Å². The molecule has 0 bridgehead atoms. The molecule has 2 rings (SSSR count). The van der Waals surface area contributed by atoms with Crippen molar-refractivity contribution in [2.45, 2.75) is 13.3 Å². The van der Waals surface area contributed by atoms with E-state index in [9.17, 15) is 4.79 Å². The molecule has 1 aliphatic heterocycles. The van der Waals surface area contributed by atoms with Crippen molar-refractivity contribution in [2.75, 3.05) is 65.4 Å². The van der Waals surface area contributed by atoms with Crippen LogP contribution in [0.25, 0.3) is 0 Å². The Morgan fingerprint density at radius 2 is 1.89 bits per heavy atom. The maximum atomic E-state index is 11.7. The number of ether oxygens (including phenoxy) is 1. The number of carbonyl (C=O) groups excluding carboxylic acids is 1. The van der Waals surface area contributed by atoms with Gasteiger partial charge in [0.25, 0.3) is 0 Å². The van der Waals surface area contributed by atoms with Crippen LogP contribution in [0.15, 0.2) is 29.3 Å². The predicted molar refractivity (Wildman–Crippen MR) is 121 cm³/mol. The molecule has 1 N–H and O–H groups in total. The van der Waals surface area contributed by atoms with Crippen molar-refractivity contribution < 1.29 is 9.53 Å². The number of anilines is 1. The number of halogens is 1. The Morgan fingerprint density at radius 3 is 2.48 bits per heavy atom. The van der Waals surface area contributed by atoms with E-state index in [1.54, 1.807) is 26.1 Å². The summed E-state index contributed by atoms with van der Waals surface area (Å²) in [6.07, 6.45) is 0.434. The van der Waals surface area contributed by atoms with Crippen molar-refractivity contribution in [3.63, 3.8) is 0 Å². The highest BCUT2D eigenvalue weighted by atomic mass is 127. The molecular weight excluding hydrogens is 457 g/mol. The minimum Gasteiger partial charge on any atom is -0.495 e. The zero-order valence-electron chi connectivity index (χ0n) is 16.8. The first kappa shape index (κ1) is 23.3. The van der Waals surface area contributed by atoms with Crippen LogP contribution in [-0.2, 0) is 4.79 Å². The van der Waals surface area contributed by atoms with Crippen LogP contribution in [-0.4, -0.2) is 82.1 Å². The Hall–Kier alpha value is -1.71. The van der Waals surface area contributed by atoms with Gasteiger partial charge in [-0.25, -0.2) is 0 Å². The summed E-state index contributed by atoms with van der Waals surface area (Å²) in [4.78, 5) is 22.6. The smallest absolute Gasteiger partial charge is 0.223 e. The standard InChI is InChI=1S/C19H31N5O2.HI/c1-5-20-19(21-11-10-18(25)22(2)3)24-14-12-23(13-15-24)16-8-6-7-9-17(16)26-4;/h6-9H,5,10-15H2,1-4H3,(H,20,21);1H. The number of nitrogens with zero attached hydrogens (tertiary/aromatic N) is 4. The maximum Gasteiger partial charge on any atom is 0.223 e. The molecule has 0 saturated carbocycles. The van der Waals surface area contributed by atoms with Crippen molar-refractivity contribution in [3.05, 3.63) is 24.3 Å². The fourth-order valence-electron chi connectivity index (χ4n) is 2.96. The molecule has 1 aromatic rings. The quantitative estimate of drug-likeness (QED) is 0.376. The largest absolute Gasteiger partial charge is 0.495 e. The average molecular weight is 489 g/mol. The van der Waals surface area contributed by atoms with Crippen LogP contribution in [0.3, 0.4) is 0 Å². The number of nitrogens with one attached hydrogen (secondary N) is 1. The molecular formula is C19H32IN5O2. The van der Waals surface area contributed by atoms with Crippen molar-refractivity contribution >= 4 is 41.5 Å². The normalized spacial score (nSPS) is 14.4. The Bertz CT molecular complexity index is 616. The summed E-state index contributed by atoms with van der Waals surface area (Å²) in [5.74, 6) is 1.90. The number of rotatable bonds is 6. The molecule has 0 spiro atoms. The first-order valence-electron chi connectivity index (χ1n) is 9.18. The third kappa shape index (κ3) is 6.75. The Balaban J connectivity index is 0.00000364. The number of benzene rings is 1. The highest BCUT2D eigenvalue weighted by molar-refractivity contribution is 14.0. The Kier molecular flexibility index (Phi) is 10.3. The molecule has 152 valence electrons. The van der Waals surface area contributed by atoms with Gasteiger partial charge in [-0.2, -0.15) is 0 Å². The predicted octanol–water partition coefficient (Wildman–Crippen LogP) is 1.88. The van der Waals surface area contributed by atoms with Gasteiger partial charge in [-0.15, -0.1) is 24.0 Å². The van der Waals surface area contributed by atoms with Gasteiger partial charge in [0.2, 0.25) is 5.91 Å². The third-order valence-electron chi connectivity index (χ3n) is 4.43. The monoisotopic (exact) mass is 489 g/mol. The second-order valence-corrected chi connectivity index (χ2v) is 6.42. The van der Waals surface area contributed by atoms with Crippen LogP contribution in [0.4, 0.5) is 5.69 Å². The lowest BCUT2D eigenvalue weighted by atomic mass is 10.2. The first-order chi connectivity index (χ1) is 12.6. The number of aliphatic imine (C=N–C) groups is 1. The molecule has 0 aromatic heterocycles. The minimum absolute atomic E-state index is 0. The number of methoxy groups -OCH3 is 1. The van der Waals surface area contributed by atoms with Gasteiger partial charge < -0.3 is 24.8 Å². The summed E-state index contributed by atoms with van der Waals surface area (Å²) in [5, 5.41) is 3.34. The minimum atomic E-state index is 0. The van der Waals surface area contributed by atoms with Gasteiger partial charge >= 0.3 is 0 Å². The molecule has 1 aromatic carbocycles. The van der Waals surface area contributed by atoms with E-state index in [1.807, 2.05) is 18.2 Å². The van der Waals surface area contributed by atoms with Crippen LogP contribution in [0, 0.1) is 0 Å². The lowest BCUT2D eigenvalue weighted by molar-refractivity contribution is -0.128. The zero-order valence-corrected chi connectivity index (χ0v) is 19.1. The second-order valence-electron chi connectivity index (χ2n) is 6.42. The Labute approximate surface area is 179 Å². The van der Waals surface area contributed by atoms with E-state index in [0.29, 0.717) is 13.0 Å². The summed E-state index contributed by atoms with van der Waals surface area (Å²) >= 11 is 0. The summed E-state index contributed by atoms with van der Waals surface area (Å²) in [6.45, 7) is 6.95. The maximum absolute atomic E-state index is 11.7. The SMILES string of the molecule is CCNC(=NCCC(=O)N(C)C)N1CCN(c2ccccc2OC)CC1.I. The average Bonchev–Trinajstić information content (AvgIpc) is 2.67. The van der Waals surface area contributed by atoms with Crippen LogP contribution in [0.2, 0.25) is 0 Å². The van der Waals surface area contributed by atoms with Gasteiger partial charge in [-0.3, -0.25) is 9.79 Å². The van der Waals surface area contributed by atoms with Crippen molar-refractivity contribution in [1.29, 1.82) is 0 Å². The molecule has 1 fully saturated rings. The summed E-state index contributed by atoms with van der Waals surface area (Å²) in [7, 11) is 5.25. The summed E-state index contributed by atoms with van der Waals surface area (Å²) in [5.41, 5.74) is 1.13. The zero-order chi connectivity index (χ0) is 18.9. The molecule has 0 radical (unpaired) electrons. The number of hydrogen-bond donors (Lipinski definition) is 1. The van der Waals surface area contributed by atoms with E-state index in [1.165, 1.54) is 0 Å². The fraction of sp³-hybridized carbons (Fsp3) is 0.579. The number of amides is 1. The van der Waals surface area contributed by atoms with E-state index in [0.717, 1.165) is 50.1 Å². The molecule has 8 heteroatoms. The van der Waals surface area contributed by atoms with Crippen molar-refractivity contribution in [2.24, 2.45) is 4.99 Å². The molecule has 7 nitrogen and oxygen atoms in total. The van der Waals surface area contributed by atoms with Gasteiger partial charge in [0, 0.05) is 53.2 Å². The third-order valence-corrected chi connectivity index (χ3v) is 4.43. The van der Waals surface area contributed by atoms with Gasteiger partial charge in [-0.1, -0.05) is 12.1 Å². The molecule has 0 aliphatic carbocycles. The summed E-state index contributed by atoms with van der Waals surface area (Å²) < 4.78 is 5.48. The summed E-state index contributed by atoms with van der Waals surface area (Å²) in [6, 6.07) is 8.12. The molecule has 1 heterocycles. The number of para-hydroxylation sites is 2. The van der Waals surface area contributed by atoms with E-state index in [4.69, 9.17) is 4.74 Å². The van der Waals surface area contributed by atoms with Crippen molar-refractivity contribution in [3.8, 4) is 5.75 Å². The van der Waals surface area contributed by atoms with Crippen LogP contribution in [0.5, 0.6) is 5.75 Å². The van der Waals surface area contributed by atoms with Gasteiger partial charge in [0.05, 0.1) is 19.3 Å². The topological polar surface area (TPSA) is 60.4 Å². The first-order valence-corrected chi connectivity index (χ1v) is 9.18. The number of hydrogen-bond acceptors (Lipinski definition) is 4. The molecule has 27 heavy (non-hydrogen) atoms. The van der Waals surface area contributed by atoms with Gasteiger partial charge in [0.1, 0.15) is 5.75 Å². The highest BCUT2D eigenvalue weighted by Crippen LogP contribution is 2.28. The molecule has 1 saturated heterocycles. The van der Waals surface area contributed by atoms with E-state index < -0.39 is 0 Å².